The standard InChI is InChI=1S/C66H64N2/c1-11-47-21-17-23-51(35-47)67(61-37-49(29-27-45(61)9)53-25-15-13-19-43(53)7)63-39-59(41(3)4)55-32-34-58-64(40-60(42(5)6)56-31-33-57(63)65(55)66(56)58)68(52-24-18-22-48(12-2)36-52)62-38-50(30-28-46(62)10)54-26-16-14-20-44(54)8/h13-42H,11-12H2,1-10H3. The van der Waals surface area contributed by atoms with Crippen LogP contribution in [0.15, 0.2) is 170 Å². The fourth-order valence-electron chi connectivity index (χ4n) is 10.8. The van der Waals surface area contributed by atoms with Crippen LogP contribution in [0.2, 0.25) is 0 Å². The molecule has 2 heteroatoms. The Morgan fingerprint density at radius 2 is 0.750 bits per heavy atom. The van der Waals surface area contributed by atoms with Crippen molar-refractivity contribution in [3.63, 3.8) is 0 Å². The first-order chi connectivity index (χ1) is 32.9. The summed E-state index contributed by atoms with van der Waals surface area (Å²) < 4.78 is 0. The summed E-state index contributed by atoms with van der Waals surface area (Å²) in [5.41, 5.74) is 22.5. The van der Waals surface area contributed by atoms with Gasteiger partial charge in [-0.1, -0.05) is 163 Å². The molecular formula is C66H64N2. The van der Waals surface area contributed by atoms with Crippen LogP contribution in [0.4, 0.5) is 34.1 Å². The van der Waals surface area contributed by atoms with Crippen LogP contribution in [-0.2, 0) is 12.8 Å². The molecule has 0 N–H and O–H groups in total. The Morgan fingerprint density at radius 3 is 1.13 bits per heavy atom. The SMILES string of the molecule is CCc1cccc(N(c2cc(-c3ccccc3C)ccc2C)c2cc(C(C)C)c3ccc4c(N(c5cccc(CC)c5)c5cc(-c6ccccc6C)ccc5C)cc(C(C)C)c5ccc2c3c54)c1. The van der Waals surface area contributed by atoms with Gasteiger partial charge in [0, 0.05) is 33.5 Å². The number of hydrogen-bond acceptors (Lipinski definition) is 2. The van der Waals surface area contributed by atoms with E-state index in [0.717, 1.165) is 12.8 Å². The minimum Gasteiger partial charge on any atom is -0.310 e. The van der Waals surface area contributed by atoms with Crippen LogP contribution in [0.3, 0.4) is 0 Å². The van der Waals surface area contributed by atoms with E-state index < -0.39 is 0 Å². The molecule has 0 aliphatic carbocycles. The van der Waals surface area contributed by atoms with Gasteiger partial charge < -0.3 is 9.80 Å². The zero-order valence-corrected chi connectivity index (χ0v) is 41.6. The van der Waals surface area contributed by atoms with Crippen molar-refractivity contribution >= 4 is 66.4 Å². The maximum Gasteiger partial charge on any atom is 0.0543 e. The van der Waals surface area contributed by atoms with E-state index in [-0.39, 0.29) is 11.8 Å². The van der Waals surface area contributed by atoms with Crippen LogP contribution in [0.1, 0.15) is 97.9 Å². The minimum absolute atomic E-state index is 0.283. The molecule has 0 aliphatic rings. The first-order valence-corrected chi connectivity index (χ1v) is 24.8. The molecule has 0 spiro atoms. The summed E-state index contributed by atoms with van der Waals surface area (Å²) in [6.07, 6.45) is 1.93. The van der Waals surface area contributed by atoms with Crippen LogP contribution in [-0.4, -0.2) is 0 Å². The predicted molar refractivity (Wildman–Crippen MR) is 296 cm³/mol. The highest BCUT2D eigenvalue weighted by Crippen LogP contribution is 2.52. The van der Waals surface area contributed by atoms with Gasteiger partial charge in [-0.25, -0.2) is 0 Å². The van der Waals surface area contributed by atoms with Crippen molar-refractivity contribution in [1.82, 2.24) is 0 Å². The van der Waals surface area contributed by atoms with Crippen LogP contribution >= 0.6 is 0 Å². The maximum atomic E-state index is 2.57. The third-order valence-corrected chi connectivity index (χ3v) is 14.6. The number of nitrogens with zero attached hydrogens (tertiary/aromatic N) is 2. The molecule has 0 fully saturated rings. The van der Waals surface area contributed by atoms with Crippen LogP contribution in [0.25, 0.3) is 54.6 Å². The molecule has 0 saturated heterocycles. The van der Waals surface area contributed by atoms with E-state index in [4.69, 9.17) is 0 Å². The second-order valence-electron chi connectivity index (χ2n) is 19.7. The molecule has 0 unspecified atom stereocenters. The minimum atomic E-state index is 0.283. The highest BCUT2D eigenvalue weighted by molar-refractivity contribution is 6.29. The fraction of sp³-hybridized carbons (Fsp3) is 0.212. The zero-order valence-electron chi connectivity index (χ0n) is 41.6. The zero-order chi connectivity index (χ0) is 47.4. The molecule has 0 amide bonds. The summed E-state index contributed by atoms with van der Waals surface area (Å²) in [4.78, 5) is 5.14. The van der Waals surface area contributed by atoms with E-state index in [0.29, 0.717) is 0 Å². The summed E-state index contributed by atoms with van der Waals surface area (Å²) in [6, 6.07) is 64.8. The number of aryl methyl sites for hydroxylation is 6. The summed E-state index contributed by atoms with van der Waals surface area (Å²) in [6.45, 7) is 22.9. The number of rotatable bonds is 12. The average molecular weight is 885 g/mol. The Bertz CT molecular complexity index is 3260. The molecule has 68 heavy (non-hydrogen) atoms. The van der Waals surface area contributed by atoms with Crippen molar-refractivity contribution in [1.29, 1.82) is 0 Å². The van der Waals surface area contributed by atoms with Gasteiger partial charge in [0.25, 0.3) is 0 Å². The van der Waals surface area contributed by atoms with E-state index >= 15 is 0 Å². The van der Waals surface area contributed by atoms with Gasteiger partial charge in [-0.15, -0.1) is 0 Å². The molecule has 10 aromatic rings. The molecule has 0 saturated carbocycles. The summed E-state index contributed by atoms with van der Waals surface area (Å²) in [5, 5.41) is 7.84. The second-order valence-corrected chi connectivity index (χ2v) is 19.7. The van der Waals surface area contributed by atoms with Crippen molar-refractivity contribution in [3.8, 4) is 22.3 Å². The topological polar surface area (TPSA) is 6.48 Å². The summed E-state index contributed by atoms with van der Waals surface area (Å²) in [5.74, 6) is 0.566. The third-order valence-electron chi connectivity index (χ3n) is 14.6. The lowest BCUT2D eigenvalue weighted by atomic mass is 9.84. The molecule has 0 atom stereocenters. The van der Waals surface area contributed by atoms with Gasteiger partial charge in [0.15, 0.2) is 0 Å². The third kappa shape index (κ3) is 7.80. The molecule has 2 nitrogen and oxygen atoms in total. The molecule has 0 heterocycles. The van der Waals surface area contributed by atoms with Crippen LogP contribution < -0.4 is 9.80 Å². The quantitative estimate of drug-likeness (QED) is 0.113. The number of hydrogen-bond donors (Lipinski definition) is 0. The van der Waals surface area contributed by atoms with Crippen LogP contribution in [0.5, 0.6) is 0 Å². The van der Waals surface area contributed by atoms with Gasteiger partial charge in [0.1, 0.15) is 0 Å². The predicted octanol–water partition coefficient (Wildman–Crippen LogP) is 19.5. The smallest absolute Gasteiger partial charge is 0.0543 e. The first-order valence-electron chi connectivity index (χ1n) is 24.8. The van der Waals surface area contributed by atoms with Crippen LogP contribution in [0, 0.1) is 27.7 Å². The molecular weight excluding hydrogens is 821 g/mol. The lowest BCUT2D eigenvalue weighted by Crippen LogP contribution is -2.14. The highest BCUT2D eigenvalue weighted by atomic mass is 15.2. The molecule has 10 aromatic carbocycles. The van der Waals surface area contributed by atoms with Crippen molar-refractivity contribution in [3.05, 3.63) is 214 Å². The monoisotopic (exact) mass is 885 g/mol. The highest BCUT2D eigenvalue weighted by Gasteiger charge is 2.27. The molecule has 0 radical (unpaired) electrons. The van der Waals surface area contributed by atoms with E-state index in [1.807, 2.05) is 0 Å². The Hall–Kier alpha value is -7.16. The molecule has 338 valence electrons. The Balaban J connectivity index is 1.32. The Labute approximate surface area is 404 Å². The lowest BCUT2D eigenvalue weighted by Gasteiger charge is -2.33. The number of anilines is 6. The molecule has 0 bridgehead atoms. The van der Waals surface area contributed by atoms with Crippen molar-refractivity contribution < 1.29 is 0 Å². The average Bonchev–Trinajstić information content (AvgIpc) is 3.35. The summed E-state index contributed by atoms with van der Waals surface area (Å²) in [7, 11) is 0. The van der Waals surface area contributed by atoms with Crippen molar-refractivity contribution in [2.45, 2.75) is 93.9 Å². The largest absolute Gasteiger partial charge is 0.310 e. The van der Waals surface area contributed by atoms with Gasteiger partial charge in [-0.2, -0.15) is 0 Å². The maximum absolute atomic E-state index is 2.57. The Morgan fingerprint density at radius 1 is 0.353 bits per heavy atom. The lowest BCUT2D eigenvalue weighted by molar-refractivity contribution is 0.875. The summed E-state index contributed by atoms with van der Waals surface area (Å²) >= 11 is 0. The van der Waals surface area contributed by atoms with Crippen molar-refractivity contribution in [2.24, 2.45) is 0 Å². The van der Waals surface area contributed by atoms with Gasteiger partial charge in [-0.05, 0) is 189 Å². The normalized spacial score (nSPS) is 11.8. The van der Waals surface area contributed by atoms with E-state index in [1.54, 1.807) is 0 Å². The molecule has 0 aromatic heterocycles. The molecule has 0 aliphatic heterocycles. The van der Waals surface area contributed by atoms with Gasteiger partial charge in [-0.3, -0.25) is 0 Å². The van der Waals surface area contributed by atoms with Gasteiger partial charge >= 0.3 is 0 Å². The van der Waals surface area contributed by atoms with Gasteiger partial charge in [0.2, 0.25) is 0 Å². The van der Waals surface area contributed by atoms with E-state index in [1.165, 1.54) is 133 Å². The van der Waals surface area contributed by atoms with E-state index in [2.05, 4.69) is 249 Å². The fourth-order valence-corrected chi connectivity index (χ4v) is 10.8. The van der Waals surface area contributed by atoms with Crippen molar-refractivity contribution in [2.75, 3.05) is 9.80 Å². The van der Waals surface area contributed by atoms with E-state index in [9.17, 15) is 0 Å². The molecule has 10 rings (SSSR count). The Kier molecular flexibility index (Phi) is 11.9. The second kappa shape index (κ2) is 18.1. The van der Waals surface area contributed by atoms with Gasteiger partial charge in [0.05, 0.1) is 11.4 Å². The number of benzene rings is 10. The first kappa shape index (κ1) is 44.7.